The third-order valence-corrected chi connectivity index (χ3v) is 8.80. The molecule has 0 nitrogen and oxygen atoms in total. The van der Waals surface area contributed by atoms with Crippen molar-refractivity contribution in [2.24, 2.45) is 0 Å². The van der Waals surface area contributed by atoms with Crippen LogP contribution in [0.3, 0.4) is 0 Å². The van der Waals surface area contributed by atoms with Crippen LogP contribution in [0.2, 0.25) is 0 Å². The van der Waals surface area contributed by atoms with Crippen LogP contribution in [0, 0.1) is 6.92 Å². The van der Waals surface area contributed by atoms with Gasteiger partial charge in [-0.3, -0.25) is 0 Å². The summed E-state index contributed by atoms with van der Waals surface area (Å²) in [6, 6.07) is 59.8. The molecular weight excluding hydrogens is 516 g/mol. The smallest absolute Gasteiger partial charge is 0.00237 e. The average molecular weight is 547 g/mol. The Kier molecular flexibility index (Phi) is 6.12. The summed E-state index contributed by atoms with van der Waals surface area (Å²) in [5.41, 5.74) is 11.4. The summed E-state index contributed by atoms with van der Waals surface area (Å²) in [7, 11) is 0. The highest BCUT2D eigenvalue weighted by molar-refractivity contribution is 6.22. The summed E-state index contributed by atoms with van der Waals surface area (Å²) >= 11 is 0. The molecule has 0 aliphatic rings. The highest BCUT2D eigenvalue weighted by Crippen LogP contribution is 2.45. The summed E-state index contributed by atoms with van der Waals surface area (Å²) in [4.78, 5) is 0. The van der Waals surface area contributed by atoms with Crippen LogP contribution in [-0.2, 0) is 0 Å². The van der Waals surface area contributed by atoms with Crippen molar-refractivity contribution < 1.29 is 0 Å². The Hall–Kier alpha value is -5.46. The van der Waals surface area contributed by atoms with E-state index in [4.69, 9.17) is 0 Å². The van der Waals surface area contributed by atoms with Crippen molar-refractivity contribution in [2.45, 2.75) is 6.92 Å². The zero-order valence-corrected chi connectivity index (χ0v) is 24.1. The van der Waals surface area contributed by atoms with E-state index < -0.39 is 0 Å². The van der Waals surface area contributed by atoms with Crippen molar-refractivity contribution in [3.8, 4) is 44.5 Å². The predicted octanol–water partition coefficient (Wildman–Crippen LogP) is 12.1. The van der Waals surface area contributed by atoms with Crippen molar-refractivity contribution in [2.75, 3.05) is 0 Å². The number of hydrogen-bond donors (Lipinski definition) is 0. The van der Waals surface area contributed by atoms with Gasteiger partial charge >= 0.3 is 0 Å². The van der Waals surface area contributed by atoms with Crippen LogP contribution in [0.1, 0.15) is 5.56 Å². The summed E-state index contributed by atoms with van der Waals surface area (Å²) in [6.07, 6.45) is 0. The van der Waals surface area contributed by atoms with E-state index in [1.54, 1.807) is 0 Å². The van der Waals surface area contributed by atoms with Gasteiger partial charge in [0.25, 0.3) is 0 Å². The lowest BCUT2D eigenvalue weighted by molar-refractivity contribution is 1.47. The number of hydrogen-bond acceptors (Lipinski definition) is 0. The van der Waals surface area contributed by atoms with E-state index in [1.165, 1.54) is 82.4 Å². The third-order valence-electron chi connectivity index (χ3n) is 8.80. The summed E-state index contributed by atoms with van der Waals surface area (Å²) in [6.45, 7) is 2.21. The molecule has 0 N–H and O–H groups in total. The number of fused-ring (bicyclic) bond motifs is 3. The second-order valence-electron chi connectivity index (χ2n) is 11.3. The van der Waals surface area contributed by atoms with E-state index in [0.717, 1.165) is 0 Å². The van der Waals surface area contributed by atoms with Crippen molar-refractivity contribution >= 4 is 32.3 Å². The molecule has 0 aliphatic heterocycles. The Morgan fingerprint density at radius 1 is 0.302 bits per heavy atom. The minimum absolute atomic E-state index is 1.23. The molecule has 0 aromatic heterocycles. The molecule has 0 fully saturated rings. The molecular formula is C43H30. The Balaban J connectivity index is 1.39. The Morgan fingerprint density at radius 2 is 0.860 bits per heavy atom. The molecule has 8 rings (SSSR count). The molecule has 0 amide bonds. The highest BCUT2D eigenvalue weighted by atomic mass is 14.2. The first-order chi connectivity index (χ1) is 21.3. The monoisotopic (exact) mass is 546 g/mol. The molecule has 0 atom stereocenters. The highest BCUT2D eigenvalue weighted by Gasteiger charge is 2.18. The summed E-state index contributed by atoms with van der Waals surface area (Å²) in [5.74, 6) is 0. The largest absolute Gasteiger partial charge is 0.0622 e. The van der Waals surface area contributed by atoms with Crippen molar-refractivity contribution in [1.29, 1.82) is 0 Å². The fraction of sp³-hybridized carbons (Fsp3) is 0.0233. The number of aryl methyl sites for hydroxylation is 1. The lowest BCUT2D eigenvalue weighted by Crippen LogP contribution is -1.92. The molecule has 0 radical (unpaired) electrons. The number of rotatable bonds is 4. The molecule has 8 aromatic carbocycles. The maximum Gasteiger partial charge on any atom is -0.00237 e. The van der Waals surface area contributed by atoms with Gasteiger partial charge in [0.15, 0.2) is 0 Å². The van der Waals surface area contributed by atoms with Crippen molar-refractivity contribution in [3.63, 3.8) is 0 Å². The first kappa shape index (κ1) is 25.3. The van der Waals surface area contributed by atoms with Crippen LogP contribution >= 0.6 is 0 Å². The zero-order valence-electron chi connectivity index (χ0n) is 24.1. The molecule has 0 saturated heterocycles. The molecule has 0 unspecified atom stereocenters. The second kappa shape index (κ2) is 10.4. The van der Waals surface area contributed by atoms with Gasteiger partial charge in [-0.1, -0.05) is 152 Å². The maximum absolute atomic E-state index is 2.40. The lowest BCUT2D eigenvalue weighted by Gasteiger charge is -2.19. The number of benzene rings is 8. The van der Waals surface area contributed by atoms with Crippen LogP contribution < -0.4 is 0 Å². The van der Waals surface area contributed by atoms with Gasteiger partial charge in [-0.15, -0.1) is 0 Å². The molecule has 43 heavy (non-hydrogen) atoms. The Bertz CT molecular complexity index is 2230. The van der Waals surface area contributed by atoms with E-state index in [-0.39, 0.29) is 0 Å². The molecule has 0 heterocycles. The predicted molar refractivity (Wildman–Crippen MR) is 185 cm³/mol. The van der Waals surface area contributed by atoms with Crippen molar-refractivity contribution in [3.05, 3.63) is 169 Å². The quantitative estimate of drug-likeness (QED) is 0.193. The fourth-order valence-corrected chi connectivity index (χ4v) is 6.76. The van der Waals surface area contributed by atoms with E-state index in [0.29, 0.717) is 0 Å². The Labute approximate surface area is 252 Å². The van der Waals surface area contributed by atoms with Crippen LogP contribution in [0.15, 0.2) is 164 Å². The van der Waals surface area contributed by atoms with Crippen molar-refractivity contribution in [1.82, 2.24) is 0 Å². The van der Waals surface area contributed by atoms with Crippen LogP contribution in [0.5, 0.6) is 0 Å². The van der Waals surface area contributed by atoms with E-state index in [9.17, 15) is 0 Å². The molecule has 0 spiro atoms. The normalized spacial score (nSPS) is 11.4. The standard InChI is InChI=1S/C43H30/c1-29-13-5-6-19-35(29)43-39-22-9-7-20-37(39)42(38-21-8-10-23-40(38)43)34-26-25-31-16-12-24-36(41(31)28-34)33-18-11-17-32(27-33)30-14-3-2-4-15-30/h2-28H,1H3. The van der Waals surface area contributed by atoms with Gasteiger partial charge in [-0.2, -0.15) is 0 Å². The van der Waals surface area contributed by atoms with Crippen LogP contribution in [0.4, 0.5) is 0 Å². The molecule has 0 heteroatoms. The van der Waals surface area contributed by atoms with Gasteiger partial charge in [0.1, 0.15) is 0 Å². The second-order valence-corrected chi connectivity index (χ2v) is 11.3. The van der Waals surface area contributed by atoms with Crippen LogP contribution in [0.25, 0.3) is 76.8 Å². The van der Waals surface area contributed by atoms with Crippen LogP contribution in [-0.4, -0.2) is 0 Å². The molecule has 202 valence electrons. The summed E-state index contributed by atoms with van der Waals surface area (Å²) < 4.78 is 0. The first-order valence-corrected chi connectivity index (χ1v) is 14.9. The van der Waals surface area contributed by atoms with Gasteiger partial charge < -0.3 is 0 Å². The topological polar surface area (TPSA) is 0 Å². The average Bonchev–Trinajstić information content (AvgIpc) is 3.07. The maximum atomic E-state index is 2.40. The van der Waals surface area contributed by atoms with Gasteiger partial charge in [-0.25, -0.2) is 0 Å². The van der Waals surface area contributed by atoms with Gasteiger partial charge in [-0.05, 0) is 101 Å². The Morgan fingerprint density at radius 3 is 1.58 bits per heavy atom. The SMILES string of the molecule is Cc1ccccc1-c1c2ccccc2c(-c2ccc3cccc(-c4cccc(-c5ccccc5)c4)c3c2)c2ccccc12. The molecule has 0 aliphatic carbocycles. The van der Waals surface area contributed by atoms with E-state index >= 15 is 0 Å². The first-order valence-electron chi connectivity index (χ1n) is 14.9. The zero-order chi connectivity index (χ0) is 28.8. The molecule has 0 saturated carbocycles. The molecule has 8 aromatic rings. The lowest BCUT2D eigenvalue weighted by atomic mass is 9.84. The van der Waals surface area contributed by atoms with Gasteiger partial charge in [0.2, 0.25) is 0 Å². The minimum atomic E-state index is 1.23. The van der Waals surface area contributed by atoms with E-state index in [1.807, 2.05) is 0 Å². The van der Waals surface area contributed by atoms with Gasteiger partial charge in [0, 0.05) is 0 Å². The minimum Gasteiger partial charge on any atom is -0.0622 e. The van der Waals surface area contributed by atoms with Gasteiger partial charge in [0.05, 0.1) is 0 Å². The fourth-order valence-electron chi connectivity index (χ4n) is 6.76. The summed E-state index contributed by atoms with van der Waals surface area (Å²) in [5, 5.41) is 7.64. The van der Waals surface area contributed by atoms with E-state index in [2.05, 4.69) is 171 Å². The third kappa shape index (κ3) is 4.31. The molecule has 0 bridgehead atoms.